The molecule has 0 bridgehead atoms. The summed E-state index contributed by atoms with van der Waals surface area (Å²) >= 11 is 1.55. The number of nitrogens with one attached hydrogen (secondary N) is 1. The number of nitrogens with zero attached hydrogens (tertiary/aromatic N) is 2. The van der Waals surface area contributed by atoms with E-state index in [0.717, 1.165) is 28.4 Å². The zero-order valence-corrected chi connectivity index (χ0v) is 16.5. The largest absolute Gasteiger partial charge is 0.333 e. The van der Waals surface area contributed by atoms with E-state index in [2.05, 4.69) is 41.5 Å². The van der Waals surface area contributed by atoms with Gasteiger partial charge in [-0.25, -0.2) is 9.37 Å². The zero-order valence-electron chi connectivity index (χ0n) is 15.7. The van der Waals surface area contributed by atoms with Crippen molar-refractivity contribution in [2.24, 2.45) is 0 Å². The summed E-state index contributed by atoms with van der Waals surface area (Å²) in [7, 11) is 0. The van der Waals surface area contributed by atoms with Gasteiger partial charge in [0.05, 0.1) is 18.2 Å². The molecule has 1 unspecified atom stereocenters. The lowest BCUT2D eigenvalue weighted by molar-refractivity contribution is -0.133. The van der Waals surface area contributed by atoms with Gasteiger partial charge >= 0.3 is 0 Å². The molecule has 1 aliphatic heterocycles. The van der Waals surface area contributed by atoms with E-state index in [1.165, 1.54) is 17.7 Å². The fourth-order valence-electron chi connectivity index (χ4n) is 3.49. The molecular formula is C22H22FN3OS. The maximum absolute atomic E-state index is 13.7. The van der Waals surface area contributed by atoms with Gasteiger partial charge in [-0.3, -0.25) is 4.79 Å². The van der Waals surface area contributed by atoms with Gasteiger partial charge in [0.1, 0.15) is 10.8 Å². The van der Waals surface area contributed by atoms with Crippen LogP contribution >= 0.6 is 11.3 Å². The minimum atomic E-state index is -0.280. The molecule has 0 radical (unpaired) electrons. The van der Waals surface area contributed by atoms with Crippen LogP contribution in [0.25, 0.3) is 10.6 Å². The highest BCUT2D eigenvalue weighted by Gasteiger charge is 2.28. The molecule has 1 aromatic heterocycles. The smallest absolute Gasteiger partial charge is 0.229 e. The number of benzene rings is 2. The van der Waals surface area contributed by atoms with Crippen LogP contribution in [0.4, 0.5) is 4.39 Å². The Morgan fingerprint density at radius 3 is 2.89 bits per heavy atom. The van der Waals surface area contributed by atoms with Crippen LogP contribution in [0.3, 0.4) is 0 Å². The van der Waals surface area contributed by atoms with Gasteiger partial charge in [0.2, 0.25) is 5.91 Å². The second kappa shape index (κ2) is 8.20. The molecule has 1 amide bonds. The minimum absolute atomic E-state index is 0.0246. The summed E-state index contributed by atoms with van der Waals surface area (Å²) in [6, 6.07) is 14.6. The van der Waals surface area contributed by atoms with Gasteiger partial charge < -0.3 is 10.2 Å². The van der Waals surface area contributed by atoms with Crippen LogP contribution in [0, 0.1) is 12.7 Å². The molecule has 4 nitrogen and oxygen atoms in total. The van der Waals surface area contributed by atoms with Crippen molar-refractivity contribution in [3.8, 4) is 10.6 Å². The van der Waals surface area contributed by atoms with Crippen molar-refractivity contribution in [3.05, 3.63) is 76.5 Å². The second-order valence-electron chi connectivity index (χ2n) is 7.05. The number of hydrogen-bond acceptors (Lipinski definition) is 4. The molecule has 1 N–H and O–H groups in total. The van der Waals surface area contributed by atoms with E-state index in [0.29, 0.717) is 13.1 Å². The van der Waals surface area contributed by atoms with Gasteiger partial charge in [0, 0.05) is 30.6 Å². The van der Waals surface area contributed by atoms with E-state index in [-0.39, 0.29) is 24.2 Å². The normalized spacial score (nSPS) is 16.9. The zero-order chi connectivity index (χ0) is 19.5. The van der Waals surface area contributed by atoms with Crippen molar-refractivity contribution in [1.82, 2.24) is 15.2 Å². The Kier molecular flexibility index (Phi) is 5.50. The number of carbonyl (C=O) groups is 1. The van der Waals surface area contributed by atoms with Crippen LogP contribution in [0.2, 0.25) is 0 Å². The number of rotatable bonds is 4. The molecule has 1 atom stereocenters. The topological polar surface area (TPSA) is 45.2 Å². The molecule has 0 saturated carbocycles. The van der Waals surface area contributed by atoms with Crippen molar-refractivity contribution < 1.29 is 9.18 Å². The number of carbonyl (C=O) groups excluding carboxylic acids is 1. The Bertz CT molecular complexity index is 970. The SMILES string of the molecule is Cc1ccc(-c2nc(CC(=O)N3CCNCC3c3cccc(F)c3)cs2)cc1. The van der Waals surface area contributed by atoms with E-state index in [4.69, 9.17) is 0 Å². The molecule has 6 heteroatoms. The third-order valence-electron chi connectivity index (χ3n) is 4.98. The summed E-state index contributed by atoms with van der Waals surface area (Å²) < 4.78 is 13.7. The standard InChI is InChI=1S/C22H22FN3OS/c1-15-5-7-16(8-6-15)22-25-19(14-28-22)12-21(27)26-10-9-24-13-20(26)17-3-2-4-18(23)11-17/h2-8,11,14,20,24H,9-10,12-13H2,1H3. The molecule has 28 heavy (non-hydrogen) atoms. The highest BCUT2D eigenvalue weighted by atomic mass is 32.1. The van der Waals surface area contributed by atoms with Gasteiger partial charge in [0.25, 0.3) is 0 Å². The van der Waals surface area contributed by atoms with Crippen LogP contribution < -0.4 is 5.32 Å². The Balaban J connectivity index is 1.50. The minimum Gasteiger partial charge on any atom is -0.333 e. The predicted molar refractivity (Wildman–Crippen MR) is 110 cm³/mol. The average molecular weight is 396 g/mol. The van der Waals surface area contributed by atoms with Crippen molar-refractivity contribution in [3.63, 3.8) is 0 Å². The van der Waals surface area contributed by atoms with Gasteiger partial charge in [-0.05, 0) is 24.6 Å². The quantitative estimate of drug-likeness (QED) is 0.727. The van der Waals surface area contributed by atoms with Crippen LogP contribution in [0.15, 0.2) is 53.9 Å². The summed E-state index contributed by atoms with van der Waals surface area (Å²) in [5, 5.41) is 6.17. The first-order valence-corrected chi connectivity index (χ1v) is 10.3. The molecule has 144 valence electrons. The Morgan fingerprint density at radius 2 is 2.11 bits per heavy atom. The molecule has 0 spiro atoms. The molecule has 3 aromatic rings. The van der Waals surface area contributed by atoms with Crippen LogP contribution in [-0.2, 0) is 11.2 Å². The van der Waals surface area contributed by atoms with Crippen LogP contribution in [-0.4, -0.2) is 35.4 Å². The van der Waals surface area contributed by atoms with E-state index in [1.54, 1.807) is 17.4 Å². The number of piperazine rings is 1. The van der Waals surface area contributed by atoms with Crippen molar-refractivity contribution in [1.29, 1.82) is 0 Å². The lowest BCUT2D eigenvalue weighted by atomic mass is 10.0. The third-order valence-corrected chi connectivity index (χ3v) is 5.92. The van der Waals surface area contributed by atoms with Gasteiger partial charge in [-0.1, -0.05) is 42.0 Å². The van der Waals surface area contributed by atoms with E-state index < -0.39 is 0 Å². The first kappa shape index (κ1) is 18.8. The molecule has 1 aliphatic rings. The van der Waals surface area contributed by atoms with Gasteiger partial charge in [0.15, 0.2) is 0 Å². The van der Waals surface area contributed by atoms with E-state index in [1.807, 2.05) is 16.3 Å². The number of thiazole rings is 1. The van der Waals surface area contributed by atoms with Crippen molar-refractivity contribution in [2.45, 2.75) is 19.4 Å². The lowest BCUT2D eigenvalue weighted by Crippen LogP contribution is -2.49. The highest BCUT2D eigenvalue weighted by Crippen LogP contribution is 2.26. The number of aryl methyl sites for hydroxylation is 1. The third kappa shape index (κ3) is 4.13. The maximum atomic E-state index is 13.7. The monoisotopic (exact) mass is 395 g/mol. The fourth-order valence-corrected chi connectivity index (χ4v) is 4.31. The van der Waals surface area contributed by atoms with E-state index >= 15 is 0 Å². The summed E-state index contributed by atoms with van der Waals surface area (Å²) in [6.07, 6.45) is 0.258. The predicted octanol–water partition coefficient (Wildman–Crippen LogP) is 3.97. The summed E-state index contributed by atoms with van der Waals surface area (Å²) in [6.45, 7) is 4.03. The summed E-state index contributed by atoms with van der Waals surface area (Å²) in [5.74, 6) is -0.255. The molecule has 1 saturated heterocycles. The second-order valence-corrected chi connectivity index (χ2v) is 7.91. The number of halogens is 1. The first-order valence-electron chi connectivity index (χ1n) is 9.37. The Hall–Kier alpha value is -2.57. The number of aromatic nitrogens is 1. The Morgan fingerprint density at radius 1 is 1.29 bits per heavy atom. The molecule has 4 rings (SSSR count). The lowest BCUT2D eigenvalue weighted by Gasteiger charge is -2.36. The Labute approximate surface area is 168 Å². The molecule has 2 aromatic carbocycles. The number of amides is 1. The molecule has 1 fully saturated rings. The molecule has 0 aliphatic carbocycles. The van der Waals surface area contributed by atoms with Gasteiger partial charge in [-0.2, -0.15) is 0 Å². The molecular weight excluding hydrogens is 373 g/mol. The average Bonchev–Trinajstić information content (AvgIpc) is 3.17. The number of hydrogen-bond donors (Lipinski definition) is 1. The summed E-state index contributed by atoms with van der Waals surface area (Å²) in [5.41, 5.74) is 3.87. The maximum Gasteiger partial charge on any atom is 0.229 e. The van der Waals surface area contributed by atoms with E-state index in [9.17, 15) is 9.18 Å². The summed E-state index contributed by atoms with van der Waals surface area (Å²) in [4.78, 5) is 19.5. The molecule has 2 heterocycles. The highest BCUT2D eigenvalue weighted by molar-refractivity contribution is 7.13. The fraction of sp³-hybridized carbons (Fsp3) is 0.273. The first-order chi connectivity index (χ1) is 13.6. The van der Waals surface area contributed by atoms with Crippen LogP contribution in [0.5, 0.6) is 0 Å². The van der Waals surface area contributed by atoms with Crippen LogP contribution in [0.1, 0.15) is 22.9 Å². The van der Waals surface area contributed by atoms with Crippen molar-refractivity contribution >= 4 is 17.2 Å². The van der Waals surface area contributed by atoms with Gasteiger partial charge in [-0.15, -0.1) is 11.3 Å². The van der Waals surface area contributed by atoms with Crippen molar-refractivity contribution in [2.75, 3.05) is 19.6 Å².